The molecule has 1 aromatic rings. The molecule has 17 heavy (non-hydrogen) atoms. The third-order valence-electron chi connectivity index (χ3n) is 2.45. The van der Waals surface area contributed by atoms with Gasteiger partial charge in [0.1, 0.15) is 6.54 Å². The van der Waals surface area contributed by atoms with Crippen LogP contribution in [0.1, 0.15) is 16.7 Å². The van der Waals surface area contributed by atoms with Crippen molar-refractivity contribution in [2.45, 2.75) is 20.4 Å². The number of hydrogen-bond acceptors (Lipinski definition) is 3. The van der Waals surface area contributed by atoms with Crippen molar-refractivity contribution in [2.75, 3.05) is 6.54 Å². The molecule has 0 aliphatic rings. The Morgan fingerprint density at radius 2 is 2.06 bits per heavy atom. The highest BCUT2D eigenvalue weighted by Gasteiger charge is 2.11. The summed E-state index contributed by atoms with van der Waals surface area (Å²) < 4.78 is 22.6. The molecular formula is C11H14NO4S-. The zero-order chi connectivity index (χ0) is 13.0. The lowest BCUT2D eigenvalue weighted by atomic mass is 10.1. The molecule has 0 radical (unpaired) electrons. The largest absolute Gasteiger partial charge is 0.760 e. The number of carboxylic acids is 1. The molecule has 0 amide bonds. The van der Waals surface area contributed by atoms with Gasteiger partial charge < -0.3 is 9.66 Å². The molecule has 0 aromatic heterocycles. The zero-order valence-electron chi connectivity index (χ0n) is 9.67. The van der Waals surface area contributed by atoms with Gasteiger partial charge in [0.15, 0.2) is 0 Å². The fourth-order valence-electron chi connectivity index (χ4n) is 1.42. The van der Waals surface area contributed by atoms with E-state index in [4.69, 9.17) is 5.11 Å². The van der Waals surface area contributed by atoms with E-state index in [0.29, 0.717) is 0 Å². The summed E-state index contributed by atoms with van der Waals surface area (Å²) in [7, 11) is 0. The first-order chi connectivity index (χ1) is 7.90. The Kier molecular flexibility index (Phi) is 4.80. The number of hydrogen-bond donors (Lipinski definition) is 1. The van der Waals surface area contributed by atoms with Gasteiger partial charge in [0.2, 0.25) is 0 Å². The van der Waals surface area contributed by atoms with Gasteiger partial charge >= 0.3 is 5.97 Å². The van der Waals surface area contributed by atoms with E-state index in [1.54, 1.807) is 6.07 Å². The summed E-state index contributed by atoms with van der Waals surface area (Å²) in [5.74, 6) is -1.17. The maximum atomic E-state index is 10.9. The molecule has 0 spiro atoms. The van der Waals surface area contributed by atoms with Gasteiger partial charge in [-0.1, -0.05) is 18.2 Å². The summed E-state index contributed by atoms with van der Waals surface area (Å²) >= 11 is -2.53. The summed E-state index contributed by atoms with van der Waals surface area (Å²) in [6.45, 7) is 3.43. The van der Waals surface area contributed by atoms with Crippen LogP contribution in [0, 0.1) is 13.8 Å². The molecule has 1 aromatic carbocycles. The fourth-order valence-corrected chi connectivity index (χ4v) is 1.89. The molecule has 0 aliphatic heterocycles. The number of rotatable bonds is 5. The molecule has 94 valence electrons. The summed E-state index contributed by atoms with van der Waals surface area (Å²) in [6.07, 6.45) is 0. The minimum absolute atomic E-state index is 0.0729. The molecule has 0 aliphatic carbocycles. The average Bonchev–Trinajstić information content (AvgIpc) is 2.21. The van der Waals surface area contributed by atoms with E-state index in [1.165, 1.54) is 0 Å². The molecule has 6 heteroatoms. The van der Waals surface area contributed by atoms with Crippen LogP contribution in [0.25, 0.3) is 0 Å². The molecular weight excluding hydrogens is 242 g/mol. The Bertz CT molecular complexity index is 447. The number of aryl methyl sites for hydroxylation is 2. The van der Waals surface area contributed by atoms with Gasteiger partial charge in [-0.05, 0) is 30.5 Å². The van der Waals surface area contributed by atoms with Gasteiger partial charge in [0, 0.05) is 17.8 Å². The highest BCUT2D eigenvalue weighted by atomic mass is 32.2. The third kappa shape index (κ3) is 4.26. The number of carboxylic acid groups (broad SMARTS) is 1. The van der Waals surface area contributed by atoms with Crippen LogP contribution in [0.15, 0.2) is 18.2 Å². The molecule has 0 fully saturated rings. The lowest BCUT2D eigenvalue weighted by molar-refractivity contribution is -0.137. The van der Waals surface area contributed by atoms with Crippen LogP contribution < -0.4 is 0 Å². The standard InChI is InChI=1S/C11H15NO4S/c1-8-3-4-10(5-9(8)2)6-12(17(15)16)7-11(13)14/h3-5H,6-7H2,1-2H3,(H,13,14)(H,15,16)/p-1. The van der Waals surface area contributed by atoms with E-state index in [-0.39, 0.29) is 6.54 Å². The van der Waals surface area contributed by atoms with E-state index in [1.807, 2.05) is 26.0 Å². The van der Waals surface area contributed by atoms with Gasteiger partial charge in [-0.2, -0.15) is 0 Å². The van der Waals surface area contributed by atoms with E-state index >= 15 is 0 Å². The van der Waals surface area contributed by atoms with Crippen LogP contribution >= 0.6 is 0 Å². The van der Waals surface area contributed by atoms with Gasteiger partial charge in [-0.3, -0.25) is 9.00 Å². The van der Waals surface area contributed by atoms with Crippen LogP contribution in [-0.2, 0) is 22.6 Å². The Balaban J connectivity index is 2.82. The summed E-state index contributed by atoms with van der Waals surface area (Å²) in [5, 5.41) is 8.59. The maximum absolute atomic E-state index is 10.9. The molecule has 1 rings (SSSR count). The van der Waals surface area contributed by atoms with Crippen molar-refractivity contribution in [3.8, 4) is 0 Å². The van der Waals surface area contributed by atoms with Crippen LogP contribution in [0.3, 0.4) is 0 Å². The Labute approximate surface area is 102 Å². The van der Waals surface area contributed by atoms with Crippen molar-refractivity contribution in [1.29, 1.82) is 0 Å². The first kappa shape index (κ1) is 13.8. The second kappa shape index (κ2) is 5.90. The monoisotopic (exact) mass is 256 g/mol. The summed E-state index contributed by atoms with van der Waals surface area (Å²) in [4.78, 5) is 10.5. The van der Waals surface area contributed by atoms with Crippen molar-refractivity contribution in [2.24, 2.45) is 0 Å². The molecule has 0 heterocycles. The lowest BCUT2D eigenvalue weighted by Gasteiger charge is -2.22. The van der Waals surface area contributed by atoms with E-state index < -0.39 is 23.8 Å². The predicted molar refractivity (Wildman–Crippen MR) is 62.9 cm³/mol. The van der Waals surface area contributed by atoms with Gasteiger partial charge in [-0.15, -0.1) is 0 Å². The predicted octanol–water partition coefficient (Wildman–Crippen LogP) is 0.984. The highest BCUT2D eigenvalue weighted by molar-refractivity contribution is 7.76. The van der Waals surface area contributed by atoms with Gasteiger partial charge in [0.05, 0.1) is 0 Å². The molecule has 0 saturated heterocycles. The zero-order valence-corrected chi connectivity index (χ0v) is 10.5. The van der Waals surface area contributed by atoms with Gasteiger partial charge in [-0.25, -0.2) is 4.31 Å². The topological polar surface area (TPSA) is 80.7 Å². The van der Waals surface area contributed by atoms with Crippen LogP contribution in [0.2, 0.25) is 0 Å². The van der Waals surface area contributed by atoms with Crippen LogP contribution in [0.4, 0.5) is 0 Å². The molecule has 0 bridgehead atoms. The first-order valence-corrected chi connectivity index (χ1v) is 6.05. The number of carbonyl (C=O) groups is 1. The van der Waals surface area contributed by atoms with E-state index in [0.717, 1.165) is 21.0 Å². The number of aliphatic carboxylic acids is 1. The van der Waals surface area contributed by atoms with Crippen molar-refractivity contribution >= 4 is 17.2 Å². The lowest BCUT2D eigenvalue weighted by Crippen LogP contribution is -2.31. The Morgan fingerprint density at radius 3 is 2.53 bits per heavy atom. The second-order valence-corrected chi connectivity index (χ2v) is 4.78. The van der Waals surface area contributed by atoms with Crippen LogP contribution in [-0.4, -0.2) is 30.7 Å². The average molecular weight is 256 g/mol. The molecule has 0 saturated carbocycles. The Morgan fingerprint density at radius 1 is 1.41 bits per heavy atom. The smallest absolute Gasteiger partial charge is 0.318 e. The normalized spacial score (nSPS) is 12.7. The quantitative estimate of drug-likeness (QED) is 0.796. The number of nitrogens with zero attached hydrogens (tertiary/aromatic N) is 1. The minimum atomic E-state index is -2.53. The van der Waals surface area contributed by atoms with Crippen molar-refractivity contribution in [3.63, 3.8) is 0 Å². The molecule has 1 N–H and O–H groups in total. The SMILES string of the molecule is Cc1ccc(CN(CC(=O)O)S(=O)[O-])cc1C. The third-order valence-corrected chi connectivity index (χ3v) is 3.13. The van der Waals surface area contributed by atoms with Crippen LogP contribution in [0.5, 0.6) is 0 Å². The van der Waals surface area contributed by atoms with Crippen molar-refractivity contribution in [3.05, 3.63) is 34.9 Å². The maximum Gasteiger partial charge on any atom is 0.318 e. The summed E-state index contributed by atoms with van der Waals surface area (Å²) in [5.41, 5.74) is 2.94. The molecule has 5 nitrogen and oxygen atoms in total. The fraction of sp³-hybridized carbons (Fsp3) is 0.364. The van der Waals surface area contributed by atoms with Crippen molar-refractivity contribution in [1.82, 2.24) is 4.31 Å². The van der Waals surface area contributed by atoms with E-state index in [2.05, 4.69) is 0 Å². The Hall–Kier alpha value is -1.24. The molecule has 1 atom stereocenters. The van der Waals surface area contributed by atoms with E-state index in [9.17, 15) is 13.6 Å². The molecule has 1 unspecified atom stereocenters. The van der Waals surface area contributed by atoms with Crippen molar-refractivity contribution < 1.29 is 18.7 Å². The highest BCUT2D eigenvalue weighted by Crippen LogP contribution is 2.12. The second-order valence-electron chi connectivity index (χ2n) is 3.83. The first-order valence-electron chi connectivity index (χ1n) is 5.02. The number of benzene rings is 1. The minimum Gasteiger partial charge on any atom is -0.760 e. The van der Waals surface area contributed by atoms with Gasteiger partial charge in [0.25, 0.3) is 0 Å². The summed E-state index contributed by atoms with van der Waals surface area (Å²) in [6, 6.07) is 5.54.